The lowest BCUT2D eigenvalue weighted by Gasteiger charge is -2.20. The Labute approximate surface area is 114 Å². The molecule has 1 atom stereocenters. The average molecular weight is 291 g/mol. The number of nitrogens with zero attached hydrogens (tertiary/aromatic N) is 1. The molecule has 0 bridgehead atoms. The second-order valence-electron chi connectivity index (χ2n) is 4.48. The van der Waals surface area contributed by atoms with Gasteiger partial charge in [-0.1, -0.05) is 31.9 Å². The summed E-state index contributed by atoms with van der Waals surface area (Å²) >= 11 is 5.85. The van der Waals surface area contributed by atoms with Crippen LogP contribution in [0.3, 0.4) is 0 Å². The van der Waals surface area contributed by atoms with Crippen LogP contribution in [0.15, 0.2) is 23.1 Å². The van der Waals surface area contributed by atoms with Gasteiger partial charge in [-0.15, -0.1) is 0 Å². The maximum atomic E-state index is 12.3. The van der Waals surface area contributed by atoms with Gasteiger partial charge in [-0.25, -0.2) is 12.7 Å². The molecule has 0 saturated carbocycles. The molecular weight excluding hydrogens is 272 g/mol. The summed E-state index contributed by atoms with van der Waals surface area (Å²) in [4.78, 5) is 0.174. The third kappa shape index (κ3) is 3.37. The van der Waals surface area contributed by atoms with E-state index in [2.05, 4.69) is 0 Å². The van der Waals surface area contributed by atoms with E-state index in [1.165, 1.54) is 22.5 Å². The maximum Gasteiger partial charge on any atom is 0.242 e. The fraction of sp³-hybridized carbons (Fsp3) is 0.500. The molecule has 4 nitrogen and oxygen atoms in total. The molecule has 102 valence electrons. The van der Waals surface area contributed by atoms with Crippen LogP contribution in [-0.2, 0) is 10.0 Å². The fourth-order valence-electron chi connectivity index (χ4n) is 1.51. The molecule has 0 spiro atoms. The second-order valence-corrected chi connectivity index (χ2v) is 6.93. The van der Waals surface area contributed by atoms with Gasteiger partial charge in [0.1, 0.15) is 0 Å². The first-order valence-corrected chi connectivity index (χ1v) is 7.62. The standard InChI is InChI=1S/C12H19ClN2O2S/c1-4-9(2)8-15(3)18(16,17)10-5-6-12(14)11(13)7-10/h5-7,9H,4,8,14H2,1-3H3. The lowest BCUT2D eigenvalue weighted by Crippen LogP contribution is -2.31. The minimum absolute atomic E-state index is 0.174. The van der Waals surface area contributed by atoms with Crippen LogP contribution in [0.5, 0.6) is 0 Å². The summed E-state index contributed by atoms with van der Waals surface area (Å²) < 4.78 is 25.9. The summed E-state index contributed by atoms with van der Waals surface area (Å²) in [7, 11) is -1.91. The maximum absolute atomic E-state index is 12.3. The Bertz CT molecular complexity index is 517. The Morgan fingerprint density at radius 1 is 1.44 bits per heavy atom. The minimum atomic E-state index is -3.49. The number of nitrogen functional groups attached to an aromatic ring is 1. The van der Waals surface area contributed by atoms with Crippen molar-refractivity contribution in [3.05, 3.63) is 23.2 Å². The molecule has 0 aliphatic rings. The smallest absolute Gasteiger partial charge is 0.242 e. The fourth-order valence-corrected chi connectivity index (χ4v) is 3.08. The van der Waals surface area contributed by atoms with Crippen molar-refractivity contribution in [3.63, 3.8) is 0 Å². The van der Waals surface area contributed by atoms with Crippen molar-refractivity contribution in [2.24, 2.45) is 5.92 Å². The Balaban J connectivity index is 3.02. The van der Waals surface area contributed by atoms with Crippen LogP contribution in [0, 0.1) is 5.92 Å². The van der Waals surface area contributed by atoms with Crippen molar-refractivity contribution in [2.75, 3.05) is 19.3 Å². The molecule has 0 fully saturated rings. The van der Waals surface area contributed by atoms with Gasteiger partial charge in [0.2, 0.25) is 10.0 Å². The summed E-state index contributed by atoms with van der Waals surface area (Å²) in [6.07, 6.45) is 0.933. The lowest BCUT2D eigenvalue weighted by molar-refractivity contribution is 0.393. The van der Waals surface area contributed by atoms with Gasteiger partial charge < -0.3 is 5.73 Å². The zero-order valence-corrected chi connectivity index (χ0v) is 12.4. The van der Waals surface area contributed by atoms with Gasteiger partial charge in [-0.3, -0.25) is 0 Å². The zero-order valence-electron chi connectivity index (χ0n) is 10.9. The van der Waals surface area contributed by atoms with Crippen LogP contribution in [-0.4, -0.2) is 26.3 Å². The van der Waals surface area contributed by atoms with Crippen molar-refractivity contribution in [3.8, 4) is 0 Å². The number of nitrogens with two attached hydrogens (primary N) is 1. The molecule has 2 N–H and O–H groups in total. The number of hydrogen-bond acceptors (Lipinski definition) is 3. The van der Waals surface area contributed by atoms with E-state index in [9.17, 15) is 8.42 Å². The van der Waals surface area contributed by atoms with Crippen LogP contribution < -0.4 is 5.73 Å². The summed E-state index contributed by atoms with van der Waals surface area (Å²) in [6.45, 7) is 4.54. The van der Waals surface area contributed by atoms with E-state index in [1.54, 1.807) is 7.05 Å². The first-order chi connectivity index (χ1) is 8.28. The normalized spacial score (nSPS) is 13.8. The van der Waals surface area contributed by atoms with Crippen molar-refractivity contribution < 1.29 is 8.42 Å². The molecule has 0 aliphatic carbocycles. The molecule has 0 radical (unpaired) electrons. The third-order valence-electron chi connectivity index (χ3n) is 2.95. The number of hydrogen-bond donors (Lipinski definition) is 1. The molecule has 1 aromatic rings. The SMILES string of the molecule is CCC(C)CN(C)S(=O)(=O)c1ccc(N)c(Cl)c1. The number of sulfonamides is 1. The largest absolute Gasteiger partial charge is 0.398 e. The Hall–Kier alpha value is -0.780. The second kappa shape index (κ2) is 5.91. The topological polar surface area (TPSA) is 63.4 Å². The molecule has 0 saturated heterocycles. The number of anilines is 1. The van der Waals surface area contributed by atoms with Gasteiger partial charge in [0.25, 0.3) is 0 Å². The van der Waals surface area contributed by atoms with Crippen molar-refractivity contribution >= 4 is 27.3 Å². The monoisotopic (exact) mass is 290 g/mol. The van der Waals surface area contributed by atoms with Gasteiger partial charge in [0, 0.05) is 13.6 Å². The predicted molar refractivity (Wildman–Crippen MR) is 75.1 cm³/mol. The summed E-state index contributed by atoms with van der Waals surface area (Å²) in [5.74, 6) is 0.314. The molecular formula is C12H19ClN2O2S. The average Bonchev–Trinajstić information content (AvgIpc) is 2.32. The van der Waals surface area contributed by atoms with E-state index in [0.29, 0.717) is 18.2 Å². The molecule has 1 aromatic carbocycles. The quantitative estimate of drug-likeness (QED) is 0.848. The van der Waals surface area contributed by atoms with Crippen LogP contribution in [0.1, 0.15) is 20.3 Å². The van der Waals surface area contributed by atoms with Crippen LogP contribution in [0.25, 0.3) is 0 Å². The molecule has 1 unspecified atom stereocenters. The van der Waals surface area contributed by atoms with Gasteiger partial charge in [0.05, 0.1) is 15.6 Å². The molecule has 0 amide bonds. The summed E-state index contributed by atoms with van der Waals surface area (Å²) in [6, 6.07) is 4.37. The Morgan fingerprint density at radius 3 is 2.56 bits per heavy atom. The van der Waals surface area contributed by atoms with Crippen molar-refractivity contribution in [1.82, 2.24) is 4.31 Å². The lowest BCUT2D eigenvalue weighted by atomic mass is 10.1. The minimum Gasteiger partial charge on any atom is -0.398 e. The van der Waals surface area contributed by atoms with E-state index in [-0.39, 0.29) is 9.92 Å². The number of benzene rings is 1. The predicted octanol–water partition coefficient (Wildman–Crippen LogP) is 2.59. The van der Waals surface area contributed by atoms with E-state index in [0.717, 1.165) is 6.42 Å². The number of halogens is 1. The molecule has 0 aliphatic heterocycles. The molecule has 1 rings (SSSR count). The molecule has 0 heterocycles. The van der Waals surface area contributed by atoms with E-state index >= 15 is 0 Å². The van der Waals surface area contributed by atoms with Gasteiger partial charge in [-0.2, -0.15) is 0 Å². The third-order valence-corrected chi connectivity index (χ3v) is 5.09. The van der Waals surface area contributed by atoms with Crippen LogP contribution in [0.2, 0.25) is 5.02 Å². The summed E-state index contributed by atoms with van der Waals surface area (Å²) in [5.41, 5.74) is 5.95. The van der Waals surface area contributed by atoms with E-state index < -0.39 is 10.0 Å². The first kappa shape index (κ1) is 15.3. The van der Waals surface area contributed by atoms with Crippen LogP contribution >= 0.6 is 11.6 Å². The number of rotatable bonds is 5. The van der Waals surface area contributed by atoms with Crippen molar-refractivity contribution in [2.45, 2.75) is 25.2 Å². The highest BCUT2D eigenvalue weighted by Crippen LogP contribution is 2.24. The van der Waals surface area contributed by atoms with Crippen molar-refractivity contribution in [1.29, 1.82) is 0 Å². The highest BCUT2D eigenvalue weighted by atomic mass is 35.5. The summed E-state index contributed by atoms with van der Waals surface area (Å²) in [5, 5.41) is 0.257. The highest BCUT2D eigenvalue weighted by molar-refractivity contribution is 7.89. The first-order valence-electron chi connectivity index (χ1n) is 5.80. The molecule has 0 aromatic heterocycles. The van der Waals surface area contributed by atoms with Gasteiger partial charge >= 0.3 is 0 Å². The molecule has 6 heteroatoms. The highest BCUT2D eigenvalue weighted by Gasteiger charge is 2.22. The Morgan fingerprint density at radius 2 is 2.06 bits per heavy atom. The van der Waals surface area contributed by atoms with Crippen LogP contribution in [0.4, 0.5) is 5.69 Å². The molecule has 18 heavy (non-hydrogen) atoms. The zero-order chi connectivity index (χ0) is 13.9. The van der Waals surface area contributed by atoms with Gasteiger partial charge in [-0.05, 0) is 24.1 Å². The Kier molecular flexibility index (Phi) is 5.01. The van der Waals surface area contributed by atoms with E-state index in [4.69, 9.17) is 17.3 Å². The van der Waals surface area contributed by atoms with Gasteiger partial charge in [0.15, 0.2) is 0 Å². The van der Waals surface area contributed by atoms with E-state index in [1.807, 2.05) is 13.8 Å².